The lowest BCUT2D eigenvalue weighted by atomic mass is 9.80. The maximum atomic E-state index is 3.93. The van der Waals surface area contributed by atoms with E-state index in [0.717, 1.165) is 39.8 Å². The molecule has 11 aromatic rings. The largest absolute Gasteiger partial charge is 0.354 e. The summed E-state index contributed by atoms with van der Waals surface area (Å²) in [7, 11) is 4.31. The van der Waals surface area contributed by atoms with Gasteiger partial charge in [0.2, 0.25) is 0 Å². The summed E-state index contributed by atoms with van der Waals surface area (Å²) >= 11 is 0. The van der Waals surface area contributed by atoms with Gasteiger partial charge in [-0.15, -0.1) is 0 Å². The topological polar surface area (TPSA) is 21.8 Å². The Kier molecular flexibility index (Phi) is 9.28. The molecule has 11 aromatic carbocycles. The molecule has 4 nitrogen and oxygen atoms in total. The van der Waals surface area contributed by atoms with E-state index in [2.05, 4.69) is 272 Å². The van der Waals surface area contributed by atoms with Crippen molar-refractivity contribution in [2.45, 2.75) is 19.3 Å². The summed E-state index contributed by atoms with van der Waals surface area (Å²) in [5.41, 5.74) is 20.1. The highest BCUT2D eigenvalue weighted by Crippen LogP contribution is 2.56. The third kappa shape index (κ3) is 6.36. The zero-order valence-corrected chi connectivity index (χ0v) is 39.2. The van der Waals surface area contributed by atoms with E-state index in [-0.39, 0.29) is 5.41 Å². The maximum Gasteiger partial charge on any atom is 0.0699 e. The maximum absolute atomic E-state index is 3.93. The van der Waals surface area contributed by atoms with E-state index in [9.17, 15) is 0 Å². The monoisotopic (exact) mass is 886 g/mol. The second-order valence-corrected chi connectivity index (χ2v) is 19.1. The van der Waals surface area contributed by atoms with E-state index in [0.29, 0.717) is 0 Å². The molecule has 0 saturated carbocycles. The number of fused-ring (bicyclic) bond motifs is 8. The van der Waals surface area contributed by atoms with Crippen LogP contribution in [0.5, 0.6) is 0 Å². The zero-order chi connectivity index (χ0) is 46.4. The van der Waals surface area contributed by atoms with Crippen molar-refractivity contribution >= 4 is 83.5 Å². The Hall–Kier alpha value is -8.60. The van der Waals surface area contributed by atoms with Gasteiger partial charge in [0.15, 0.2) is 0 Å². The van der Waals surface area contributed by atoms with Gasteiger partial charge in [-0.2, -0.15) is 0 Å². The Morgan fingerprint density at radius 1 is 0.435 bits per heavy atom. The predicted molar refractivity (Wildman–Crippen MR) is 294 cm³/mol. The van der Waals surface area contributed by atoms with Crippen molar-refractivity contribution in [3.8, 4) is 33.4 Å². The number of anilines is 9. The lowest BCUT2D eigenvalue weighted by molar-refractivity contribution is 0.660. The molecule has 1 N–H and O–H groups in total. The molecule has 1 heterocycles. The minimum absolute atomic E-state index is 0.158. The summed E-state index contributed by atoms with van der Waals surface area (Å²) in [6, 6.07) is 82.7. The van der Waals surface area contributed by atoms with Crippen LogP contribution in [0.1, 0.15) is 25.0 Å². The van der Waals surface area contributed by atoms with Gasteiger partial charge >= 0.3 is 0 Å². The highest BCUT2D eigenvalue weighted by molar-refractivity contribution is 6.24. The van der Waals surface area contributed by atoms with Gasteiger partial charge in [-0.05, 0) is 156 Å². The average Bonchev–Trinajstić information content (AvgIpc) is 3.64. The van der Waals surface area contributed by atoms with Gasteiger partial charge in [0.05, 0.1) is 34.1 Å². The van der Waals surface area contributed by atoms with E-state index in [1.54, 1.807) is 0 Å². The van der Waals surface area contributed by atoms with Crippen molar-refractivity contribution in [2.75, 3.05) is 34.1 Å². The second-order valence-electron chi connectivity index (χ2n) is 19.1. The first-order valence-electron chi connectivity index (χ1n) is 24.0. The number of hydrogen-bond acceptors (Lipinski definition) is 4. The lowest BCUT2D eigenvalue weighted by Gasteiger charge is -2.38. The van der Waals surface area contributed by atoms with Crippen LogP contribution in [0.4, 0.5) is 51.2 Å². The molecule has 2 aliphatic rings. The zero-order valence-electron chi connectivity index (χ0n) is 39.2. The third-order valence-electron chi connectivity index (χ3n) is 14.9. The molecule has 0 fully saturated rings. The van der Waals surface area contributed by atoms with E-state index >= 15 is 0 Å². The summed E-state index contributed by atoms with van der Waals surface area (Å²) in [5, 5.41) is 11.2. The summed E-state index contributed by atoms with van der Waals surface area (Å²) in [6.45, 7) is 4.76. The van der Waals surface area contributed by atoms with Gasteiger partial charge in [0.1, 0.15) is 0 Å². The van der Waals surface area contributed by atoms with Crippen molar-refractivity contribution in [1.82, 2.24) is 0 Å². The third-order valence-corrected chi connectivity index (χ3v) is 14.9. The first-order chi connectivity index (χ1) is 33.8. The molecule has 13 rings (SSSR count). The molecule has 0 unspecified atom stereocenters. The van der Waals surface area contributed by atoms with E-state index in [1.165, 1.54) is 88.2 Å². The van der Waals surface area contributed by atoms with Gasteiger partial charge in [-0.1, -0.05) is 159 Å². The van der Waals surface area contributed by atoms with Gasteiger partial charge in [0, 0.05) is 36.6 Å². The fraction of sp³-hybridized carbons (Fsp3) is 0.0769. The SMILES string of the molecule is CN(c1ccccc1)c1ccccc1Nc1ccc2c(-c3ccc4ccccc4c3)c3cc(N4c5ccccc5N(C)c5ccccc54)ccc3c(-c3cccc4c3-c3ccccc3C4(C)C)c2c1. The van der Waals surface area contributed by atoms with Gasteiger partial charge in [-0.25, -0.2) is 0 Å². The second kappa shape index (κ2) is 15.8. The molecule has 330 valence electrons. The quantitative estimate of drug-likeness (QED) is 0.161. The number of rotatable bonds is 7. The molecule has 0 spiro atoms. The van der Waals surface area contributed by atoms with Crippen LogP contribution >= 0.6 is 0 Å². The van der Waals surface area contributed by atoms with Crippen molar-refractivity contribution < 1.29 is 0 Å². The summed E-state index contributed by atoms with van der Waals surface area (Å²) in [5.74, 6) is 0. The average molecular weight is 887 g/mol. The Balaban J connectivity index is 1.12. The highest BCUT2D eigenvalue weighted by Gasteiger charge is 2.37. The molecular weight excluding hydrogens is 837 g/mol. The molecule has 0 aromatic heterocycles. The molecule has 0 saturated heterocycles. The number of benzene rings is 11. The lowest BCUT2D eigenvalue weighted by Crippen LogP contribution is -2.23. The van der Waals surface area contributed by atoms with Crippen LogP contribution < -0.4 is 20.0 Å². The molecule has 1 aliphatic heterocycles. The van der Waals surface area contributed by atoms with Gasteiger partial charge < -0.3 is 20.0 Å². The standard InChI is InChI=1S/C65H50N4/c1-65(2)54-25-11-10-23-50(54)64-51(24-18-26-55(64)65)63-49-38-36-47(69-60-31-16-14-29-58(60)68(4)59-30-15-17-32-61(59)69)41-53(49)62(44-34-33-42-19-8-9-20-43(42)39-44)48-37-35-45(40-52(48)63)66-56-27-12-13-28-57(56)67(3)46-21-6-5-7-22-46/h5-41,66H,1-4H3. The Labute approximate surface area is 404 Å². The van der Waals surface area contributed by atoms with Crippen LogP contribution in [0.3, 0.4) is 0 Å². The predicted octanol–water partition coefficient (Wildman–Crippen LogP) is 17.8. The van der Waals surface area contributed by atoms with Crippen molar-refractivity contribution in [1.29, 1.82) is 0 Å². The van der Waals surface area contributed by atoms with Crippen LogP contribution in [-0.4, -0.2) is 14.1 Å². The van der Waals surface area contributed by atoms with E-state index < -0.39 is 0 Å². The fourth-order valence-electron chi connectivity index (χ4n) is 11.6. The van der Waals surface area contributed by atoms with E-state index in [4.69, 9.17) is 0 Å². The molecule has 0 amide bonds. The first kappa shape index (κ1) is 40.7. The fourth-order valence-corrected chi connectivity index (χ4v) is 11.6. The number of hydrogen-bond donors (Lipinski definition) is 1. The smallest absolute Gasteiger partial charge is 0.0699 e. The molecular formula is C65H50N4. The van der Waals surface area contributed by atoms with Crippen LogP contribution in [-0.2, 0) is 5.41 Å². The minimum Gasteiger partial charge on any atom is -0.354 e. The van der Waals surface area contributed by atoms with Gasteiger partial charge in [-0.3, -0.25) is 0 Å². The minimum atomic E-state index is -0.158. The molecule has 0 bridgehead atoms. The summed E-state index contributed by atoms with van der Waals surface area (Å²) in [6.07, 6.45) is 0. The number of nitrogens with zero attached hydrogens (tertiary/aromatic N) is 3. The van der Waals surface area contributed by atoms with Crippen molar-refractivity contribution in [3.05, 3.63) is 236 Å². The number of nitrogens with one attached hydrogen (secondary N) is 1. The molecule has 1 aliphatic carbocycles. The Morgan fingerprint density at radius 2 is 1.04 bits per heavy atom. The Morgan fingerprint density at radius 3 is 1.84 bits per heavy atom. The summed E-state index contributed by atoms with van der Waals surface area (Å²) < 4.78 is 0. The Bertz CT molecular complexity index is 3800. The molecule has 0 atom stereocenters. The normalized spacial score (nSPS) is 13.3. The molecule has 0 radical (unpaired) electrons. The van der Waals surface area contributed by atoms with Crippen molar-refractivity contribution in [2.24, 2.45) is 0 Å². The first-order valence-corrected chi connectivity index (χ1v) is 24.0. The number of para-hydroxylation sites is 7. The van der Waals surface area contributed by atoms with E-state index in [1.807, 2.05) is 0 Å². The van der Waals surface area contributed by atoms with Gasteiger partial charge in [0.25, 0.3) is 0 Å². The molecule has 4 heteroatoms. The van der Waals surface area contributed by atoms with Crippen LogP contribution in [0.2, 0.25) is 0 Å². The highest BCUT2D eigenvalue weighted by atomic mass is 15.3. The van der Waals surface area contributed by atoms with Crippen LogP contribution in [0, 0.1) is 0 Å². The van der Waals surface area contributed by atoms with Crippen LogP contribution in [0.25, 0.3) is 65.7 Å². The van der Waals surface area contributed by atoms with Crippen molar-refractivity contribution in [3.63, 3.8) is 0 Å². The van der Waals surface area contributed by atoms with Crippen LogP contribution in [0.15, 0.2) is 224 Å². The summed E-state index contributed by atoms with van der Waals surface area (Å²) in [4.78, 5) is 7.02. The molecule has 69 heavy (non-hydrogen) atoms.